The summed E-state index contributed by atoms with van der Waals surface area (Å²) in [5.41, 5.74) is 0.582. The highest BCUT2D eigenvalue weighted by Crippen LogP contribution is 2.33. The van der Waals surface area contributed by atoms with Gasteiger partial charge >= 0.3 is 0 Å². The maximum absolute atomic E-state index is 13.0. The third-order valence-corrected chi connectivity index (χ3v) is 4.46. The van der Waals surface area contributed by atoms with Crippen molar-refractivity contribution in [2.24, 2.45) is 0 Å². The predicted molar refractivity (Wildman–Crippen MR) is 93.8 cm³/mol. The first-order valence-electron chi connectivity index (χ1n) is 8.68. The van der Waals surface area contributed by atoms with Crippen molar-refractivity contribution >= 4 is 5.91 Å². The average molecular weight is 326 g/mol. The van der Waals surface area contributed by atoms with Gasteiger partial charge in [0.1, 0.15) is 5.82 Å². The first kappa shape index (κ1) is 16.7. The minimum atomic E-state index is -0.157. The molecule has 1 aliphatic heterocycles. The third kappa shape index (κ3) is 3.21. The summed E-state index contributed by atoms with van der Waals surface area (Å²) >= 11 is 0. The van der Waals surface area contributed by atoms with Crippen LogP contribution < -0.4 is 0 Å². The number of amides is 1. The van der Waals surface area contributed by atoms with Gasteiger partial charge in [-0.1, -0.05) is 18.2 Å². The molecule has 128 valence electrons. The van der Waals surface area contributed by atoms with Crippen LogP contribution in [0.3, 0.4) is 0 Å². The number of hydrogen-bond donors (Lipinski definition) is 0. The van der Waals surface area contributed by atoms with E-state index in [-0.39, 0.29) is 17.5 Å². The van der Waals surface area contributed by atoms with Crippen molar-refractivity contribution in [2.75, 3.05) is 6.54 Å². The van der Waals surface area contributed by atoms with Gasteiger partial charge in [0, 0.05) is 12.1 Å². The van der Waals surface area contributed by atoms with Crippen LogP contribution in [0.25, 0.3) is 0 Å². The highest BCUT2D eigenvalue weighted by molar-refractivity contribution is 5.94. The fraction of sp³-hybridized carbons (Fsp3) is 0.526. The molecule has 0 saturated carbocycles. The molecule has 3 rings (SSSR count). The summed E-state index contributed by atoms with van der Waals surface area (Å²) in [6.07, 6.45) is 3.09. The number of carbonyl (C=O) groups is 1. The van der Waals surface area contributed by atoms with Crippen molar-refractivity contribution in [1.29, 1.82) is 0 Å². The van der Waals surface area contributed by atoms with Gasteiger partial charge in [0.25, 0.3) is 5.91 Å². The van der Waals surface area contributed by atoms with Crippen molar-refractivity contribution in [2.45, 2.75) is 58.5 Å². The second kappa shape index (κ2) is 6.38. The average Bonchev–Trinajstić information content (AvgIpc) is 2.97. The number of aromatic nitrogens is 3. The molecule has 0 spiro atoms. The molecule has 2 aromatic rings. The topological polar surface area (TPSA) is 51.0 Å². The van der Waals surface area contributed by atoms with Crippen LogP contribution in [-0.2, 0) is 5.54 Å². The molecule has 1 aromatic heterocycles. The van der Waals surface area contributed by atoms with E-state index in [2.05, 4.69) is 30.9 Å². The van der Waals surface area contributed by atoms with Crippen LogP contribution in [-0.4, -0.2) is 32.1 Å². The Morgan fingerprint density at radius 3 is 2.54 bits per heavy atom. The molecule has 0 radical (unpaired) electrons. The molecular weight excluding hydrogens is 300 g/mol. The maximum atomic E-state index is 13.0. The van der Waals surface area contributed by atoms with Crippen LogP contribution in [0.15, 0.2) is 30.3 Å². The van der Waals surface area contributed by atoms with E-state index in [1.165, 1.54) is 0 Å². The van der Waals surface area contributed by atoms with Gasteiger partial charge in [-0.15, -0.1) is 0 Å². The predicted octanol–water partition coefficient (Wildman–Crippen LogP) is 3.71. The lowest BCUT2D eigenvalue weighted by atomic mass is 9.99. The smallest absolute Gasteiger partial charge is 0.254 e. The van der Waals surface area contributed by atoms with Crippen LogP contribution in [0.4, 0.5) is 0 Å². The molecule has 1 fully saturated rings. The summed E-state index contributed by atoms with van der Waals surface area (Å²) in [4.78, 5) is 19.7. The number of carbonyl (C=O) groups excluding carboxylic acids is 1. The molecule has 0 unspecified atom stereocenters. The van der Waals surface area contributed by atoms with Crippen molar-refractivity contribution in [1.82, 2.24) is 19.7 Å². The lowest BCUT2D eigenvalue weighted by Crippen LogP contribution is -2.41. The first-order valence-corrected chi connectivity index (χ1v) is 8.68. The molecule has 1 amide bonds. The molecule has 1 aromatic carbocycles. The standard InChI is InChI=1S/C19H26N4O/c1-14-20-17(23(21-14)19(2,3)4)16-12-8-9-13-22(16)18(24)15-10-6-5-7-11-15/h5-7,10-11,16H,8-9,12-13H2,1-4H3/t16-/m1/s1. The van der Waals surface area contributed by atoms with Gasteiger partial charge in [0.15, 0.2) is 5.82 Å². The molecule has 1 atom stereocenters. The van der Waals surface area contributed by atoms with Gasteiger partial charge in [-0.2, -0.15) is 5.10 Å². The number of nitrogens with zero attached hydrogens (tertiary/aromatic N) is 4. The van der Waals surface area contributed by atoms with Crippen molar-refractivity contribution in [3.8, 4) is 0 Å². The van der Waals surface area contributed by atoms with Crippen LogP contribution in [0.1, 0.15) is 68.1 Å². The zero-order valence-corrected chi connectivity index (χ0v) is 15.0. The van der Waals surface area contributed by atoms with E-state index in [9.17, 15) is 4.79 Å². The fourth-order valence-electron chi connectivity index (χ4n) is 3.33. The van der Waals surface area contributed by atoms with E-state index in [1.54, 1.807) is 0 Å². The second-order valence-corrected chi connectivity index (χ2v) is 7.48. The normalized spacial score (nSPS) is 18.7. The largest absolute Gasteiger partial charge is 0.328 e. The molecule has 24 heavy (non-hydrogen) atoms. The summed E-state index contributed by atoms with van der Waals surface area (Å²) < 4.78 is 1.99. The molecule has 1 aliphatic rings. The molecule has 1 saturated heterocycles. The van der Waals surface area contributed by atoms with Crippen molar-refractivity contribution in [3.63, 3.8) is 0 Å². The summed E-state index contributed by atoms with van der Waals surface area (Å²) in [5.74, 6) is 1.75. The fourth-order valence-corrected chi connectivity index (χ4v) is 3.33. The molecule has 0 N–H and O–H groups in total. The van der Waals surface area contributed by atoms with Crippen molar-refractivity contribution < 1.29 is 4.79 Å². The molecule has 5 heteroatoms. The second-order valence-electron chi connectivity index (χ2n) is 7.48. The lowest BCUT2D eigenvalue weighted by molar-refractivity contribution is 0.0585. The minimum Gasteiger partial charge on any atom is -0.328 e. The van der Waals surface area contributed by atoms with Gasteiger partial charge < -0.3 is 4.90 Å². The lowest BCUT2D eigenvalue weighted by Gasteiger charge is -2.36. The van der Waals surface area contributed by atoms with Gasteiger partial charge in [-0.25, -0.2) is 9.67 Å². The van der Waals surface area contributed by atoms with Crippen LogP contribution in [0, 0.1) is 6.92 Å². The Hall–Kier alpha value is -2.17. The number of rotatable bonds is 2. The van der Waals surface area contributed by atoms with Gasteiger partial charge in [0.2, 0.25) is 0 Å². The summed E-state index contributed by atoms with van der Waals surface area (Å²) in [7, 11) is 0. The summed E-state index contributed by atoms with van der Waals surface area (Å²) in [6.45, 7) is 9.05. The van der Waals surface area contributed by atoms with Crippen LogP contribution in [0.2, 0.25) is 0 Å². The number of aryl methyl sites for hydroxylation is 1. The zero-order chi connectivity index (χ0) is 17.3. The van der Waals surface area contributed by atoms with Crippen LogP contribution in [0.5, 0.6) is 0 Å². The number of hydrogen-bond acceptors (Lipinski definition) is 3. The summed E-state index contributed by atoms with van der Waals surface area (Å²) in [5, 5.41) is 4.59. The Morgan fingerprint density at radius 2 is 1.88 bits per heavy atom. The van der Waals surface area contributed by atoms with E-state index in [0.717, 1.165) is 43.0 Å². The molecular formula is C19H26N4O. The minimum absolute atomic E-state index is 0.00752. The van der Waals surface area contributed by atoms with E-state index in [4.69, 9.17) is 0 Å². The number of likely N-dealkylation sites (tertiary alicyclic amines) is 1. The highest BCUT2D eigenvalue weighted by atomic mass is 16.2. The SMILES string of the molecule is Cc1nc([C@H]2CCCCN2C(=O)c2ccccc2)n(C(C)(C)C)n1. The monoisotopic (exact) mass is 326 g/mol. The van der Waals surface area contributed by atoms with E-state index in [1.807, 2.05) is 46.8 Å². The zero-order valence-electron chi connectivity index (χ0n) is 15.0. The Labute approximate surface area is 143 Å². The Kier molecular flexibility index (Phi) is 4.43. The first-order chi connectivity index (χ1) is 11.4. The quantitative estimate of drug-likeness (QED) is 0.845. The molecule has 2 heterocycles. The molecule has 0 bridgehead atoms. The Morgan fingerprint density at radius 1 is 1.17 bits per heavy atom. The Balaban J connectivity index is 1.98. The van der Waals surface area contributed by atoms with E-state index < -0.39 is 0 Å². The Bertz CT molecular complexity index is 715. The van der Waals surface area contributed by atoms with Gasteiger partial charge in [-0.3, -0.25) is 4.79 Å². The highest BCUT2D eigenvalue weighted by Gasteiger charge is 2.34. The van der Waals surface area contributed by atoms with E-state index >= 15 is 0 Å². The van der Waals surface area contributed by atoms with Crippen LogP contribution >= 0.6 is 0 Å². The summed E-state index contributed by atoms with van der Waals surface area (Å²) in [6, 6.07) is 9.51. The number of piperidine rings is 1. The van der Waals surface area contributed by atoms with Crippen molar-refractivity contribution in [3.05, 3.63) is 47.5 Å². The molecule has 0 aliphatic carbocycles. The van der Waals surface area contributed by atoms with E-state index in [0.29, 0.717) is 0 Å². The molecule has 5 nitrogen and oxygen atoms in total. The van der Waals surface area contributed by atoms with Gasteiger partial charge in [-0.05, 0) is 59.1 Å². The van der Waals surface area contributed by atoms with Gasteiger partial charge in [0.05, 0.1) is 11.6 Å². The number of benzene rings is 1. The maximum Gasteiger partial charge on any atom is 0.254 e. The third-order valence-electron chi connectivity index (χ3n) is 4.46.